The molecule has 0 aliphatic carbocycles. The number of halogens is 1. The molecule has 2 N–H and O–H groups in total. The summed E-state index contributed by atoms with van der Waals surface area (Å²) in [4.78, 5) is 6.60. The first-order valence-electron chi connectivity index (χ1n) is 5.35. The Labute approximate surface area is 104 Å². The number of nitrogen functional groups attached to an aromatic ring is 1. The van der Waals surface area contributed by atoms with Gasteiger partial charge in [0, 0.05) is 36.8 Å². The molecule has 5 heteroatoms. The summed E-state index contributed by atoms with van der Waals surface area (Å²) < 4.78 is 6.09. The zero-order chi connectivity index (χ0) is 11.5. The average molecular weight is 286 g/mol. The highest BCUT2D eigenvalue weighted by Gasteiger charge is 2.24. The van der Waals surface area contributed by atoms with E-state index in [9.17, 15) is 0 Å². The van der Waals surface area contributed by atoms with Crippen LogP contribution in [0, 0.1) is 5.92 Å². The molecule has 1 atom stereocenters. The molecular weight excluding hydrogens is 270 g/mol. The Morgan fingerprint density at radius 1 is 1.69 bits per heavy atom. The third-order valence-corrected chi connectivity index (χ3v) is 3.28. The number of aromatic nitrogens is 1. The maximum Gasteiger partial charge on any atom is 0.151 e. The van der Waals surface area contributed by atoms with E-state index < -0.39 is 0 Å². The van der Waals surface area contributed by atoms with Gasteiger partial charge in [-0.25, -0.2) is 4.98 Å². The molecule has 2 rings (SSSR count). The van der Waals surface area contributed by atoms with E-state index in [1.54, 1.807) is 13.3 Å². The normalized spacial score (nSPS) is 20.4. The van der Waals surface area contributed by atoms with E-state index in [0.717, 1.165) is 42.1 Å². The Hall–Kier alpha value is -0.810. The topological polar surface area (TPSA) is 51.4 Å². The van der Waals surface area contributed by atoms with Crippen LogP contribution in [0.25, 0.3) is 0 Å². The Kier molecular flexibility index (Phi) is 3.66. The molecular formula is C11H16BrN3O. The number of hydrogen-bond donors (Lipinski definition) is 1. The third kappa shape index (κ3) is 2.47. The summed E-state index contributed by atoms with van der Waals surface area (Å²) in [5.41, 5.74) is 6.68. The van der Waals surface area contributed by atoms with Gasteiger partial charge in [-0.2, -0.15) is 0 Å². The minimum Gasteiger partial charge on any atom is -0.396 e. The Morgan fingerprint density at radius 2 is 2.50 bits per heavy atom. The molecule has 0 spiro atoms. The zero-order valence-electron chi connectivity index (χ0n) is 9.32. The Morgan fingerprint density at radius 3 is 3.19 bits per heavy atom. The number of nitrogens with zero attached hydrogens (tertiary/aromatic N) is 2. The lowest BCUT2D eigenvalue weighted by Crippen LogP contribution is -2.23. The van der Waals surface area contributed by atoms with Crippen molar-refractivity contribution in [2.45, 2.75) is 6.42 Å². The fourth-order valence-corrected chi connectivity index (χ4v) is 2.46. The van der Waals surface area contributed by atoms with E-state index in [-0.39, 0.29) is 0 Å². The zero-order valence-corrected chi connectivity index (χ0v) is 10.9. The average Bonchev–Trinajstić information content (AvgIpc) is 2.67. The highest BCUT2D eigenvalue weighted by atomic mass is 79.9. The molecule has 0 saturated carbocycles. The van der Waals surface area contributed by atoms with Gasteiger partial charge in [0.05, 0.1) is 12.3 Å². The van der Waals surface area contributed by atoms with Gasteiger partial charge >= 0.3 is 0 Å². The summed E-state index contributed by atoms with van der Waals surface area (Å²) in [6, 6.07) is 1.89. The van der Waals surface area contributed by atoms with Crippen LogP contribution < -0.4 is 10.6 Å². The van der Waals surface area contributed by atoms with Crippen LogP contribution in [0.15, 0.2) is 16.7 Å². The third-order valence-electron chi connectivity index (χ3n) is 2.85. The number of nitrogens with two attached hydrogens (primary N) is 1. The predicted molar refractivity (Wildman–Crippen MR) is 68.5 cm³/mol. The summed E-state index contributed by atoms with van der Waals surface area (Å²) in [6.45, 7) is 2.80. The first kappa shape index (κ1) is 11.7. The second kappa shape index (κ2) is 5.01. The molecule has 1 aliphatic rings. The standard InChI is InChI=1S/C11H16BrN3O/c1-16-7-8-2-3-15(6-8)11-10(13)4-9(12)5-14-11/h4-5,8H,2-3,6-7,13H2,1H3. The van der Waals surface area contributed by atoms with Crippen molar-refractivity contribution in [3.8, 4) is 0 Å². The van der Waals surface area contributed by atoms with Crippen LogP contribution in [-0.4, -0.2) is 31.8 Å². The Balaban J connectivity index is 2.08. The molecule has 88 valence electrons. The highest BCUT2D eigenvalue weighted by molar-refractivity contribution is 9.10. The second-order valence-corrected chi connectivity index (χ2v) is 5.04. The molecule has 1 fully saturated rings. The summed E-state index contributed by atoms with van der Waals surface area (Å²) in [5, 5.41) is 0. The quantitative estimate of drug-likeness (QED) is 0.922. The van der Waals surface area contributed by atoms with Crippen molar-refractivity contribution in [2.75, 3.05) is 37.4 Å². The lowest BCUT2D eigenvalue weighted by atomic mass is 10.1. The lowest BCUT2D eigenvalue weighted by molar-refractivity contribution is 0.161. The monoisotopic (exact) mass is 285 g/mol. The van der Waals surface area contributed by atoms with Crippen molar-refractivity contribution in [2.24, 2.45) is 5.92 Å². The van der Waals surface area contributed by atoms with Crippen molar-refractivity contribution in [1.29, 1.82) is 0 Å². The summed E-state index contributed by atoms with van der Waals surface area (Å²) in [5.74, 6) is 1.48. The highest BCUT2D eigenvalue weighted by Crippen LogP contribution is 2.28. The van der Waals surface area contributed by atoms with Gasteiger partial charge in [0.15, 0.2) is 5.82 Å². The maximum absolute atomic E-state index is 5.96. The van der Waals surface area contributed by atoms with Gasteiger partial charge in [0.2, 0.25) is 0 Å². The van der Waals surface area contributed by atoms with Gasteiger partial charge in [0.25, 0.3) is 0 Å². The second-order valence-electron chi connectivity index (χ2n) is 4.12. The summed E-state index contributed by atoms with van der Waals surface area (Å²) >= 11 is 3.36. The van der Waals surface area contributed by atoms with Crippen LogP contribution in [0.1, 0.15) is 6.42 Å². The van der Waals surface area contributed by atoms with E-state index in [1.807, 2.05) is 6.07 Å². The van der Waals surface area contributed by atoms with Crippen LogP contribution in [0.3, 0.4) is 0 Å². The van der Waals surface area contributed by atoms with Crippen LogP contribution in [-0.2, 0) is 4.74 Å². The van der Waals surface area contributed by atoms with Crippen molar-refractivity contribution in [3.63, 3.8) is 0 Å². The van der Waals surface area contributed by atoms with Crippen LogP contribution in [0.2, 0.25) is 0 Å². The van der Waals surface area contributed by atoms with Crippen molar-refractivity contribution >= 4 is 27.4 Å². The molecule has 0 amide bonds. The van der Waals surface area contributed by atoms with E-state index in [0.29, 0.717) is 5.92 Å². The number of pyridine rings is 1. The predicted octanol–water partition coefficient (Wildman–Crippen LogP) is 1.90. The van der Waals surface area contributed by atoms with E-state index >= 15 is 0 Å². The van der Waals surface area contributed by atoms with E-state index in [1.165, 1.54) is 0 Å². The van der Waals surface area contributed by atoms with Gasteiger partial charge in [-0.1, -0.05) is 0 Å². The summed E-state index contributed by atoms with van der Waals surface area (Å²) in [6.07, 6.45) is 2.93. The van der Waals surface area contributed by atoms with Crippen LogP contribution >= 0.6 is 15.9 Å². The molecule has 1 unspecified atom stereocenters. The van der Waals surface area contributed by atoms with Crippen LogP contribution in [0.4, 0.5) is 11.5 Å². The van der Waals surface area contributed by atoms with Gasteiger partial charge in [0.1, 0.15) is 0 Å². The van der Waals surface area contributed by atoms with Crippen molar-refractivity contribution in [1.82, 2.24) is 4.98 Å². The number of anilines is 2. The van der Waals surface area contributed by atoms with Gasteiger partial charge < -0.3 is 15.4 Å². The SMILES string of the molecule is COCC1CCN(c2ncc(Br)cc2N)C1. The molecule has 1 saturated heterocycles. The van der Waals surface area contributed by atoms with Gasteiger partial charge in [-0.3, -0.25) is 0 Å². The number of methoxy groups -OCH3 is 1. The molecule has 0 bridgehead atoms. The fourth-order valence-electron chi connectivity index (χ4n) is 2.11. The molecule has 0 aromatic carbocycles. The van der Waals surface area contributed by atoms with E-state index in [4.69, 9.17) is 10.5 Å². The fraction of sp³-hybridized carbons (Fsp3) is 0.545. The van der Waals surface area contributed by atoms with Gasteiger partial charge in [-0.05, 0) is 28.4 Å². The smallest absolute Gasteiger partial charge is 0.151 e. The largest absolute Gasteiger partial charge is 0.396 e. The first-order valence-corrected chi connectivity index (χ1v) is 6.15. The minimum absolute atomic E-state index is 0.592. The molecule has 1 aromatic heterocycles. The molecule has 0 radical (unpaired) electrons. The minimum atomic E-state index is 0.592. The maximum atomic E-state index is 5.96. The molecule has 2 heterocycles. The number of rotatable bonds is 3. The van der Waals surface area contributed by atoms with E-state index in [2.05, 4.69) is 25.8 Å². The lowest BCUT2D eigenvalue weighted by Gasteiger charge is -2.19. The van der Waals surface area contributed by atoms with Crippen molar-refractivity contribution < 1.29 is 4.74 Å². The molecule has 4 nitrogen and oxygen atoms in total. The number of ether oxygens (including phenoxy) is 1. The van der Waals surface area contributed by atoms with Gasteiger partial charge in [-0.15, -0.1) is 0 Å². The van der Waals surface area contributed by atoms with Crippen molar-refractivity contribution in [3.05, 3.63) is 16.7 Å². The Bertz CT molecular complexity index is 372. The molecule has 16 heavy (non-hydrogen) atoms. The molecule has 1 aliphatic heterocycles. The first-order chi connectivity index (χ1) is 7.70. The van der Waals surface area contributed by atoms with Crippen LogP contribution in [0.5, 0.6) is 0 Å². The summed E-state index contributed by atoms with van der Waals surface area (Å²) in [7, 11) is 1.74. The number of hydrogen-bond acceptors (Lipinski definition) is 4. The molecule has 1 aromatic rings.